The van der Waals surface area contributed by atoms with Gasteiger partial charge in [-0.25, -0.2) is 18.7 Å². The second-order valence-electron chi connectivity index (χ2n) is 4.79. The lowest BCUT2D eigenvalue weighted by Gasteiger charge is -2.18. The summed E-state index contributed by atoms with van der Waals surface area (Å²) in [6.07, 6.45) is 2.26. The molecule has 2 saturated heterocycles. The summed E-state index contributed by atoms with van der Waals surface area (Å²) in [5, 5.41) is 0.347. The minimum atomic E-state index is -2.56. The van der Waals surface area contributed by atoms with Crippen LogP contribution in [0, 0.1) is 0 Å². The average Bonchev–Trinajstić information content (AvgIpc) is 3.00. The molecule has 1 aromatic rings. The van der Waals surface area contributed by atoms with Crippen LogP contribution in [0.25, 0.3) is 0 Å². The van der Waals surface area contributed by atoms with Gasteiger partial charge in [0.1, 0.15) is 11.5 Å². The van der Waals surface area contributed by atoms with Crippen LogP contribution in [0.2, 0.25) is 0 Å². The smallest absolute Gasteiger partial charge is 0.280 e. The molecule has 3 unspecified atom stereocenters. The van der Waals surface area contributed by atoms with Crippen LogP contribution < -0.4 is 0 Å². The maximum Gasteiger partial charge on any atom is 0.280 e. The third-order valence-corrected chi connectivity index (χ3v) is 4.31. The van der Waals surface area contributed by atoms with Gasteiger partial charge in [-0.15, -0.1) is 0 Å². The van der Waals surface area contributed by atoms with Crippen molar-refractivity contribution in [3.8, 4) is 0 Å². The van der Waals surface area contributed by atoms with Crippen molar-refractivity contribution in [2.75, 3.05) is 0 Å². The van der Waals surface area contributed by atoms with E-state index in [0.29, 0.717) is 16.7 Å². The second-order valence-corrected chi connectivity index (χ2v) is 5.35. The van der Waals surface area contributed by atoms with Gasteiger partial charge in [-0.3, -0.25) is 0 Å². The molecule has 0 radical (unpaired) electrons. The third-order valence-electron chi connectivity index (χ3n) is 3.70. The van der Waals surface area contributed by atoms with Gasteiger partial charge in [-0.2, -0.15) is 0 Å². The molecule has 2 aliphatic rings. The van der Waals surface area contributed by atoms with E-state index in [2.05, 4.69) is 25.9 Å². The highest BCUT2D eigenvalue weighted by molar-refractivity contribution is 9.08. The van der Waals surface area contributed by atoms with Crippen molar-refractivity contribution in [3.63, 3.8) is 0 Å². The zero-order valence-electron chi connectivity index (χ0n) is 9.65. The summed E-state index contributed by atoms with van der Waals surface area (Å²) >= 11 is 3.18. The minimum Gasteiger partial charge on any atom is -0.374 e. The number of alkyl halides is 3. The van der Waals surface area contributed by atoms with E-state index < -0.39 is 6.43 Å². The molecule has 3 atom stereocenters. The van der Waals surface area contributed by atoms with Crippen molar-refractivity contribution in [3.05, 3.63) is 23.3 Å². The molecule has 0 spiro atoms. The summed E-state index contributed by atoms with van der Waals surface area (Å²) in [7, 11) is 0. The van der Waals surface area contributed by atoms with Crippen LogP contribution in [-0.2, 0) is 10.1 Å². The quantitative estimate of drug-likeness (QED) is 0.802. The number of ether oxygens (including phenoxy) is 1. The normalized spacial score (nSPS) is 30.3. The predicted molar refractivity (Wildman–Crippen MR) is 64.9 cm³/mol. The Labute approximate surface area is 112 Å². The van der Waals surface area contributed by atoms with Crippen molar-refractivity contribution in [1.82, 2.24) is 9.97 Å². The summed E-state index contributed by atoms with van der Waals surface area (Å²) < 4.78 is 31.6. The first-order valence-electron chi connectivity index (χ1n) is 6.04. The van der Waals surface area contributed by atoms with Crippen molar-refractivity contribution in [2.24, 2.45) is 0 Å². The van der Waals surface area contributed by atoms with Gasteiger partial charge in [0.05, 0.1) is 12.2 Å². The number of aromatic nitrogens is 2. The Morgan fingerprint density at radius 2 is 2.28 bits per heavy atom. The summed E-state index contributed by atoms with van der Waals surface area (Å²) in [6.45, 7) is 0. The molecule has 1 aromatic heterocycles. The lowest BCUT2D eigenvalue weighted by molar-refractivity contribution is 0.0995. The highest BCUT2D eigenvalue weighted by Gasteiger charge is 2.43. The zero-order chi connectivity index (χ0) is 12.7. The highest BCUT2D eigenvalue weighted by atomic mass is 79.9. The van der Waals surface area contributed by atoms with Crippen molar-refractivity contribution < 1.29 is 13.5 Å². The maximum atomic E-state index is 12.9. The highest BCUT2D eigenvalue weighted by Crippen LogP contribution is 2.43. The Balaban J connectivity index is 1.91. The summed E-state index contributed by atoms with van der Waals surface area (Å²) in [5.41, 5.74) is 0.303. The third kappa shape index (κ3) is 2.05. The van der Waals surface area contributed by atoms with Gasteiger partial charge in [0.15, 0.2) is 0 Å². The maximum absolute atomic E-state index is 12.9. The largest absolute Gasteiger partial charge is 0.374 e. The molecule has 6 heteroatoms. The van der Waals surface area contributed by atoms with Gasteiger partial charge in [0.2, 0.25) is 0 Å². The van der Waals surface area contributed by atoms with Gasteiger partial charge in [0.25, 0.3) is 6.43 Å². The SMILES string of the molecule is FC(F)c1nc(C2CC3CCC2O3)ncc1CBr. The van der Waals surface area contributed by atoms with E-state index in [4.69, 9.17) is 4.74 Å². The van der Waals surface area contributed by atoms with Crippen LogP contribution in [0.1, 0.15) is 48.7 Å². The number of halogens is 3. The molecule has 0 saturated carbocycles. The van der Waals surface area contributed by atoms with Crippen LogP contribution in [0.4, 0.5) is 8.78 Å². The van der Waals surface area contributed by atoms with E-state index in [1.807, 2.05) is 0 Å². The Bertz CT molecular complexity index is 458. The fraction of sp³-hybridized carbons (Fsp3) is 0.667. The second kappa shape index (κ2) is 4.81. The standard InChI is InChI=1S/C12H13BrF2N2O/c13-4-6-5-16-12(17-10(6)11(14)15)8-3-7-1-2-9(8)18-7/h5,7-9,11H,1-4H2. The first-order chi connectivity index (χ1) is 8.69. The van der Waals surface area contributed by atoms with E-state index in [1.165, 1.54) is 6.20 Å². The molecule has 0 aromatic carbocycles. The molecule has 98 valence electrons. The van der Waals surface area contributed by atoms with Gasteiger partial charge < -0.3 is 4.74 Å². The van der Waals surface area contributed by atoms with Crippen LogP contribution >= 0.6 is 15.9 Å². The van der Waals surface area contributed by atoms with Gasteiger partial charge in [0, 0.05) is 23.0 Å². The van der Waals surface area contributed by atoms with Crippen molar-refractivity contribution in [1.29, 1.82) is 0 Å². The Hall–Kier alpha value is -0.620. The predicted octanol–water partition coefficient (Wildman–Crippen LogP) is 3.34. The number of fused-ring (bicyclic) bond motifs is 2. The van der Waals surface area contributed by atoms with E-state index in [-0.39, 0.29) is 23.8 Å². The Kier molecular flexibility index (Phi) is 3.32. The molecule has 0 aliphatic carbocycles. The molecular formula is C12H13BrF2N2O. The molecular weight excluding hydrogens is 306 g/mol. The molecule has 2 aliphatic heterocycles. The van der Waals surface area contributed by atoms with Crippen molar-refractivity contribution in [2.45, 2.75) is 49.1 Å². The van der Waals surface area contributed by atoms with E-state index in [9.17, 15) is 8.78 Å². The molecule has 3 rings (SSSR count). The van der Waals surface area contributed by atoms with E-state index in [1.54, 1.807) is 0 Å². The lowest BCUT2D eigenvalue weighted by atomic mass is 9.88. The Morgan fingerprint density at radius 3 is 2.83 bits per heavy atom. The molecule has 3 heterocycles. The summed E-state index contributed by atoms with van der Waals surface area (Å²) in [4.78, 5) is 8.31. The van der Waals surface area contributed by atoms with Crippen LogP contribution in [0.15, 0.2) is 6.20 Å². The van der Waals surface area contributed by atoms with Gasteiger partial charge >= 0.3 is 0 Å². The average molecular weight is 319 g/mol. The first kappa shape index (κ1) is 12.4. The van der Waals surface area contributed by atoms with E-state index >= 15 is 0 Å². The number of hydrogen-bond acceptors (Lipinski definition) is 3. The van der Waals surface area contributed by atoms with Gasteiger partial charge in [-0.1, -0.05) is 15.9 Å². The van der Waals surface area contributed by atoms with Crippen molar-refractivity contribution >= 4 is 15.9 Å². The van der Waals surface area contributed by atoms with E-state index in [0.717, 1.165) is 19.3 Å². The topological polar surface area (TPSA) is 35.0 Å². The molecule has 2 bridgehead atoms. The number of rotatable bonds is 3. The molecule has 3 nitrogen and oxygen atoms in total. The molecule has 0 N–H and O–H groups in total. The number of nitrogens with zero attached hydrogens (tertiary/aromatic N) is 2. The summed E-state index contributed by atoms with van der Waals surface area (Å²) in [6, 6.07) is 0. The zero-order valence-corrected chi connectivity index (χ0v) is 11.2. The van der Waals surface area contributed by atoms with Crippen LogP contribution in [0.5, 0.6) is 0 Å². The lowest BCUT2D eigenvalue weighted by Crippen LogP contribution is -2.18. The molecule has 2 fully saturated rings. The van der Waals surface area contributed by atoms with Gasteiger partial charge in [-0.05, 0) is 19.3 Å². The fourth-order valence-corrected chi connectivity index (χ4v) is 3.25. The fourth-order valence-electron chi connectivity index (χ4n) is 2.81. The molecule has 0 amide bonds. The van der Waals surface area contributed by atoms with Crippen LogP contribution in [0.3, 0.4) is 0 Å². The monoisotopic (exact) mass is 318 g/mol. The summed E-state index contributed by atoms with van der Waals surface area (Å²) in [5.74, 6) is 0.604. The number of hydrogen-bond donors (Lipinski definition) is 0. The molecule has 18 heavy (non-hydrogen) atoms. The first-order valence-corrected chi connectivity index (χ1v) is 7.16. The Morgan fingerprint density at radius 1 is 1.44 bits per heavy atom. The minimum absolute atomic E-state index is 0.0885. The van der Waals surface area contributed by atoms with Crippen LogP contribution in [-0.4, -0.2) is 22.2 Å².